The molecule has 1 saturated carbocycles. The van der Waals surface area contributed by atoms with Gasteiger partial charge in [-0.15, -0.1) is 0 Å². The molecule has 1 N–H and O–H groups in total. The highest BCUT2D eigenvalue weighted by Crippen LogP contribution is 2.41. The Morgan fingerprint density at radius 1 is 1.24 bits per heavy atom. The number of carbonyl (C=O) groups is 1. The Labute approximate surface area is 128 Å². The lowest BCUT2D eigenvalue weighted by molar-refractivity contribution is 0.0926. The summed E-state index contributed by atoms with van der Waals surface area (Å²) in [4.78, 5) is 20.5. The summed E-state index contributed by atoms with van der Waals surface area (Å²) in [7, 11) is 0. The van der Waals surface area contributed by atoms with E-state index >= 15 is 0 Å². The Hall–Kier alpha value is -1.94. The third-order valence-corrected chi connectivity index (χ3v) is 3.87. The van der Waals surface area contributed by atoms with Crippen molar-refractivity contribution in [2.75, 3.05) is 0 Å². The van der Waals surface area contributed by atoms with Crippen molar-refractivity contribution >= 4 is 17.5 Å². The van der Waals surface area contributed by atoms with Crippen LogP contribution in [0.4, 0.5) is 0 Å². The van der Waals surface area contributed by atoms with Gasteiger partial charge in [-0.1, -0.05) is 23.7 Å². The van der Waals surface area contributed by atoms with Gasteiger partial charge in [0.1, 0.15) is 5.69 Å². The van der Waals surface area contributed by atoms with Gasteiger partial charge in [-0.05, 0) is 43.4 Å². The van der Waals surface area contributed by atoms with Crippen LogP contribution in [0.15, 0.2) is 36.7 Å². The Morgan fingerprint density at radius 2 is 1.95 bits per heavy atom. The van der Waals surface area contributed by atoms with E-state index in [9.17, 15) is 4.79 Å². The molecule has 1 aromatic carbocycles. The second kappa shape index (κ2) is 5.82. The van der Waals surface area contributed by atoms with Crippen LogP contribution in [0.5, 0.6) is 0 Å². The van der Waals surface area contributed by atoms with Gasteiger partial charge >= 0.3 is 0 Å². The number of amides is 1. The summed E-state index contributed by atoms with van der Waals surface area (Å²) in [5.41, 5.74) is 2.22. The van der Waals surface area contributed by atoms with Gasteiger partial charge in [0.05, 0.1) is 17.9 Å². The number of rotatable bonds is 4. The lowest BCUT2D eigenvalue weighted by Gasteiger charge is -2.18. The third kappa shape index (κ3) is 3.39. The Kier molecular flexibility index (Phi) is 3.88. The van der Waals surface area contributed by atoms with Crippen LogP contribution in [0.2, 0.25) is 5.02 Å². The molecule has 1 aliphatic rings. The number of carbonyl (C=O) groups excluding carboxylic acids is 1. The number of nitrogens with zero attached hydrogens (tertiary/aromatic N) is 2. The Balaban J connectivity index is 1.77. The van der Waals surface area contributed by atoms with Crippen LogP contribution < -0.4 is 5.32 Å². The fourth-order valence-electron chi connectivity index (χ4n) is 2.30. The van der Waals surface area contributed by atoms with Gasteiger partial charge in [0.15, 0.2) is 0 Å². The minimum absolute atomic E-state index is 0.0119. The largest absolute Gasteiger partial charge is 0.344 e. The van der Waals surface area contributed by atoms with Crippen molar-refractivity contribution in [2.45, 2.75) is 25.8 Å². The van der Waals surface area contributed by atoms with Crippen molar-refractivity contribution in [3.05, 3.63) is 58.6 Å². The number of benzene rings is 1. The van der Waals surface area contributed by atoms with Crippen LogP contribution in [0.3, 0.4) is 0 Å². The van der Waals surface area contributed by atoms with Crippen LogP contribution in [0.25, 0.3) is 0 Å². The quantitative estimate of drug-likeness (QED) is 0.942. The zero-order chi connectivity index (χ0) is 14.8. The number of halogens is 1. The standard InChI is InChI=1S/C16H16ClN3O/c1-10-8-19-14(9-18-10)16(21)20-15(11-2-3-11)12-4-6-13(17)7-5-12/h4-9,11,15H,2-3H2,1H3,(H,20,21). The summed E-state index contributed by atoms with van der Waals surface area (Å²) >= 11 is 5.92. The van der Waals surface area contributed by atoms with Crippen LogP contribution in [0.1, 0.15) is 40.6 Å². The highest BCUT2D eigenvalue weighted by Gasteiger charge is 2.33. The van der Waals surface area contributed by atoms with Gasteiger partial charge in [0.25, 0.3) is 5.91 Å². The second-order valence-corrected chi connectivity index (χ2v) is 5.82. The lowest BCUT2D eigenvalue weighted by atomic mass is 10.0. The molecule has 0 spiro atoms. The van der Waals surface area contributed by atoms with Crippen LogP contribution in [-0.4, -0.2) is 15.9 Å². The van der Waals surface area contributed by atoms with Crippen molar-refractivity contribution < 1.29 is 4.79 Å². The van der Waals surface area contributed by atoms with Gasteiger partial charge in [0.2, 0.25) is 0 Å². The van der Waals surface area contributed by atoms with Gasteiger partial charge in [-0.25, -0.2) is 4.98 Å². The molecule has 1 amide bonds. The monoisotopic (exact) mass is 301 g/mol. The minimum Gasteiger partial charge on any atom is -0.344 e. The van der Waals surface area contributed by atoms with E-state index in [1.807, 2.05) is 31.2 Å². The molecule has 0 radical (unpaired) electrons. The minimum atomic E-state index is -0.186. The number of aromatic nitrogens is 2. The molecule has 21 heavy (non-hydrogen) atoms. The van der Waals surface area contributed by atoms with Crippen molar-refractivity contribution in [1.82, 2.24) is 15.3 Å². The molecule has 3 rings (SSSR count). The third-order valence-electron chi connectivity index (χ3n) is 3.62. The summed E-state index contributed by atoms with van der Waals surface area (Å²) in [5.74, 6) is 0.308. The molecule has 108 valence electrons. The zero-order valence-corrected chi connectivity index (χ0v) is 12.5. The number of hydrogen-bond donors (Lipinski definition) is 1. The first kappa shape index (κ1) is 14.0. The topological polar surface area (TPSA) is 54.9 Å². The van der Waals surface area contributed by atoms with Crippen LogP contribution >= 0.6 is 11.6 Å². The van der Waals surface area contributed by atoms with E-state index in [-0.39, 0.29) is 11.9 Å². The maximum Gasteiger partial charge on any atom is 0.271 e. The van der Waals surface area contributed by atoms with Crippen molar-refractivity contribution in [3.8, 4) is 0 Å². The maximum atomic E-state index is 12.3. The highest BCUT2D eigenvalue weighted by atomic mass is 35.5. The van der Waals surface area contributed by atoms with E-state index in [1.54, 1.807) is 6.20 Å². The highest BCUT2D eigenvalue weighted by molar-refractivity contribution is 6.30. The average Bonchev–Trinajstić information content (AvgIpc) is 3.31. The first-order valence-electron chi connectivity index (χ1n) is 6.98. The van der Waals surface area contributed by atoms with Crippen molar-refractivity contribution in [3.63, 3.8) is 0 Å². The molecule has 0 bridgehead atoms. The molecular formula is C16H16ClN3O. The van der Waals surface area contributed by atoms with E-state index in [2.05, 4.69) is 15.3 Å². The smallest absolute Gasteiger partial charge is 0.271 e. The van der Waals surface area contributed by atoms with Gasteiger partial charge in [-0.3, -0.25) is 9.78 Å². The summed E-state index contributed by atoms with van der Waals surface area (Å²) in [6.07, 6.45) is 5.38. The lowest BCUT2D eigenvalue weighted by Crippen LogP contribution is -2.30. The number of nitrogens with one attached hydrogen (secondary N) is 1. The molecule has 1 heterocycles. The molecule has 2 aromatic rings. The summed E-state index contributed by atoms with van der Waals surface area (Å²) in [6.45, 7) is 1.84. The fourth-order valence-corrected chi connectivity index (χ4v) is 2.42. The number of hydrogen-bond acceptors (Lipinski definition) is 3. The Bertz CT molecular complexity index is 636. The molecule has 0 aliphatic heterocycles. The van der Waals surface area contributed by atoms with E-state index in [1.165, 1.54) is 6.20 Å². The first-order valence-corrected chi connectivity index (χ1v) is 7.36. The average molecular weight is 302 g/mol. The number of aryl methyl sites for hydroxylation is 1. The van der Waals surface area contributed by atoms with Crippen molar-refractivity contribution in [1.29, 1.82) is 0 Å². The normalized spacial score (nSPS) is 15.5. The van der Waals surface area contributed by atoms with E-state index in [0.29, 0.717) is 16.6 Å². The van der Waals surface area contributed by atoms with Crippen molar-refractivity contribution in [2.24, 2.45) is 5.92 Å². The first-order chi connectivity index (χ1) is 10.1. The van der Waals surface area contributed by atoms with E-state index in [4.69, 9.17) is 11.6 Å². The SMILES string of the molecule is Cc1cnc(C(=O)NC(c2ccc(Cl)cc2)C2CC2)cn1. The molecule has 1 unspecified atom stereocenters. The summed E-state index contributed by atoms with van der Waals surface area (Å²) in [5, 5.41) is 3.76. The summed E-state index contributed by atoms with van der Waals surface area (Å²) < 4.78 is 0. The molecule has 1 fully saturated rings. The fraction of sp³-hybridized carbons (Fsp3) is 0.312. The van der Waals surface area contributed by atoms with Gasteiger partial charge in [0, 0.05) is 11.2 Å². The van der Waals surface area contributed by atoms with E-state index in [0.717, 1.165) is 24.1 Å². The van der Waals surface area contributed by atoms with Crippen LogP contribution in [-0.2, 0) is 0 Å². The molecule has 4 nitrogen and oxygen atoms in total. The molecule has 1 atom stereocenters. The van der Waals surface area contributed by atoms with Crippen LogP contribution in [0, 0.1) is 12.8 Å². The zero-order valence-electron chi connectivity index (χ0n) is 11.7. The maximum absolute atomic E-state index is 12.3. The second-order valence-electron chi connectivity index (χ2n) is 5.38. The molecule has 0 saturated heterocycles. The predicted octanol–water partition coefficient (Wildman–Crippen LogP) is 3.32. The Morgan fingerprint density at radius 3 is 2.52 bits per heavy atom. The molecule has 1 aliphatic carbocycles. The molecule has 1 aromatic heterocycles. The molecule has 5 heteroatoms. The van der Waals surface area contributed by atoms with Gasteiger partial charge < -0.3 is 5.32 Å². The van der Waals surface area contributed by atoms with Gasteiger partial charge in [-0.2, -0.15) is 0 Å². The predicted molar refractivity (Wildman–Crippen MR) is 81.2 cm³/mol. The molecular weight excluding hydrogens is 286 g/mol. The van der Waals surface area contributed by atoms with E-state index < -0.39 is 0 Å². The summed E-state index contributed by atoms with van der Waals surface area (Å²) in [6, 6.07) is 7.64.